The quantitative estimate of drug-likeness (QED) is 0.621. The average molecular weight is 214 g/mol. The molecule has 0 spiro atoms. The number of nitrogens with zero attached hydrogens (tertiary/aromatic N) is 1. The van der Waals surface area contributed by atoms with Crippen LogP contribution in [0.3, 0.4) is 0 Å². The van der Waals surface area contributed by atoms with Crippen molar-refractivity contribution in [3.05, 3.63) is 47.7 Å². The van der Waals surface area contributed by atoms with Crippen LogP contribution in [0, 0.1) is 5.92 Å². The monoisotopic (exact) mass is 214 g/mol. The Morgan fingerprint density at radius 1 is 1.31 bits per heavy atom. The molecule has 0 bridgehead atoms. The Morgan fingerprint density at radius 3 is 3.00 bits per heavy atom. The molecule has 0 aromatic rings. The van der Waals surface area contributed by atoms with Crippen LogP contribution in [0.5, 0.6) is 0 Å². The lowest BCUT2D eigenvalue weighted by Gasteiger charge is -2.42. The Hall–Kier alpha value is -1.61. The number of hydrogen-bond acceptors (Lipinski definition) is 3. The number of nitrogens with two attached hydrogens (primary N) is 1. The van der Waals surface area contributed by atoms with Gasteiger partial charge in [-0.25, -0.2) is 5.84 Å². The molecule has 1 heterocycles. The molecular weight excluding hydrogens is 200 g/mol. The zero-order valence-electron chi connectivity index (χ0n) is 8.97. The van der Waals surface area contributed by atoms with E-state index in [1.807, 2.05) is 12.2 Å². The summed E-state index contributed by atoms with van der Waals surface area (Å²) in [5.41, 5.74) is 2.11. The van der Waals surface area contributed by atoms with Crippen molar-refractivity contribution in [1.82, 2.24) is 5.01 Å². The number of carbonyl (C=O) groups excluding carboxylic acids is 1. The zero-order valence-corrected chi connectivity index (χ0v) is 8.97. The van der Waals surface area contributed by atoms with Crippen molar-refractivity contribution in [2.24, 2.45) is 11.8 Å². The summed E-state index contributed by atoms with van der Waals surface area (Å²) in [4.78, 5) is 11.4. The van der Waals surface area contributed by atoms with E-state index in [9.17, 15) is 4.79 Å². The number of carbonyl (C=O) groups is 1. The Bertz CT molecular complexity index is 457. The van der Waals surface area contributed by atoms with Crippen molar-refractivity contribution in [1.29, 1.82) is 0 Å². The highest BCUT2D eigenvalue weighted by molar-refractivity contribution is 5.93. The van der Waals surface area contributed by atoms with Gasteiger partial charge in [0.2, 0.25) is 0 Å². The van der Waals surface area contributed by atoms with Crippen LogP contribution in [-0.2, 0) is 4.79 Å². The summed E-state index contributed by atoms with van der Waals surface area (Å²) in [6.45, 7) is 0. The third-order valence-electron chi connectivity index (χ3n) is 3.43. The van der Waals surface area contributed by atoms with E-state index >= 15 is 0 Å². The fourth-order valence-electron chi connectivity index (χ4n) is 2.63. The first kappa shape index (κ1) is 9.60. The number of allylic oxidation sites excluding steroid dienone is 5. The van der Waals surface area contributed by atoms with Gasteiger partial charge in [-0.3, -0.25) is 4.79 Å². The van der Waals surface area contributed by atoms with E-state index in [1.54, 1.807) is 11.1 Å². The largest absolute Gasteiger partial charge is 0.304 e. The van der Waals surface area contributed by atoms with Crippen LogP contribution >= 0.6 is 0 Å². The molecule has 3 heteroatoms. The molecule has 82 valence electrons. The number of hydrazine groups is 1. The van der Waals surface area contributed by atoms with Gasteiger partial charge in [0.25, 0.3) is 0 Å². The van der Waals surface area contributed by atoms with E-state index in [2.05, 4.69) is 18.2 Å². The normalized spacial score (nSPS) is 31.8. The lowest BCUT2D eigenvalue weighted by Crippen LogP contribution is -2.48. The smallest absolute Gasteiger partial charge is 0.159 e. The molecule has 16 heavy (non-hydrogen) atoms. The molecular formula is C13H14N2O. The van der Waals surface area contributed by atoms with Crippen molar-refractivity contribution in [3.63, 3.8) is 0 Å². The summed E-state index contributed by atoms with van der Waals surface area (Å²) >= 11 is 0. The van der Waals surface area contributed by atoms with Crippen LogP contribution in [0.1, 0.15) is 12.8 Å². The highest BCUT2D eigenvalue weighted by atomic mass is 16.1. The van der Waals surface area contributed by atoms with Crippen molar-refractivity contribution in [2.45, 2.75) is 18.9 Å². The van der Waals surface area contributed by atoms with Crippen LogP contribution < -0.4 is 5.84 Å². The highest BCUT2D eigenvalue weighted by Crippen LogP contribution is 2.37. The molecule has 2 aliphatic carbocycles. The SMILES string of the molecule is NN1C2=CCC(=O)C=C2CC2C=CC=CC21. The second-order valence-electron chi connectivity index (χ2n) is 4.47. The third-order valence-corrected chi connectivity index (χ3v) is 3.43. The van der Waals surface area contributed by atoms with Crippen molar-refractivity contribution in [3.8, 4) is 0 Å². The number of rotatable bonds is 0. The standard InChI is InChI=1S/C13H14N2O/c14-15-12-4-2-1-3-9(12)7-10-8-11(16)5-6-13(10)15/h1-4,6,8-9,12H,5,7,14H2. The molecule has 3 aliphatic rings. The fourth-order valence-corrected chi connectivity index (χ4v) is 2.63. The Labute approximate surface area is 94.6 Å². The van der Waals surface area contributed by atoms with Gasteiger partial charge < -0.3 is 5.01 Å². The van der Waals surface area contributed by atoms with E-state index in [1.165, 1.54) is 0 Å². The zero-order chi connectivity index (χ0) is 11.1. The summed E-state index contributed by atoms with van der Waals surface area (Å²) in [6.07, 6.45) is 13.5. The summed E-state index contributed by atoms with van der Waals surface area (Å²) in [5, 5.41) is 1.80. The second kappa shape index (κ2) is 3.46. The summed E-state index contributed by atoms with van der Waals surface area (Å²) in [6, 6.07) is 0.238. The van der Waals surface area contributed by atoms with Crippen LogP contribution in [0.4, 0.5) is 0 Å². The molecule has 0 aromatic heterocycles. The Balaban J connectivity index is 1.98. The summed E-state index contributed by atoms with van der Waals surface area (Å²) in [7, 11) is 0. The predicted molar refractivity (Wildman–Crippen MR) is 62.0 cm³/mol. The first-order valence-electron chi connectivity index (χ1n) is 5.58. The van der Waals surface area contributed by atoms with Gasteiger partial charge in [0, 0.05) is 12.3 Å². The van der Waals surface area contributed by atoms with E-state index < -0.39 is 0 Å². The van der Waals surface area contributed by atoms with Crippen molar-refractivity contribution >= 4 is 5.78 Å². The number of fused-ring (bicyclic) bond motifs is 2. The maximum absolute atomic E-state index is 11.4. The maximum atomic E-state index is 11.4. The van der Waals surface area contributed by atoms with Gasteiger partial charge in [0.15, 0.2) is 5.78 Å². The average Bonchev–Trinajstić information content (AvgIpc) is 2.29. The molecule has 2 unspecified atom stereocenters. The summed E-state index contributed by atoms with van der Waals surface area (Å²) in [5.74, 6) is 6.69. The van der Waals surface area contributed by atoms with Gasteiger partial charge in [-0.2, -0.15) is 0 Å². The van der Waals surface area contributed by atoms with Gasteiger partial charge >= 0.3 is 0 Å². The van der Waals surface area contributed by atoms with E-state index in [4.69, 9.17) is 5.84 Å². The van der Waals surface area contributed by atoms with Gasteiger partial charge in [-0.05, 0) is 18.1 Å². The molecule has 0 amide bonds. The van der Waals surface area contributed by atoms with Gasteiger partial charge in [0.05, 0.1) is 11.7 Å². The first-order chi connectivity index (χ1) is 7.75. The molecule has 1 fully saturated rings. The Kier molecular flexibility index (Phi) is 2.07. The lowest BCUT2D eigenvalue weighted by molar-refractivity contribution is -0.114. The van der Waals surface area contributed by atoms with Crippen LogP contribution in [-0.4, -0.2) is 16.8 Å². The molecule has 0 aromatic carbocycles. The molecule has 2 N–H and O–H groups in total. The van der Waals surface area contributed by atoms with Crippen molar-refractivity contribution < 1.29 is 4.79 Å². The van der Waals surface area contributed by atoms with Crippen LogP contribution in [0.15, 0.2) is 47.7 Å². The van der Waals surface area contributed by atoms with Crippen molar-refractivity contribution in [2.75, 3.05) is 0 Å². The molecule has 3 rings (SSSR count). The molecule has 1 saturated heterocycles. The topological polar surface area (TPSA) is 46.3 Å². The number of ketones is 1. The van der Waals surface area contributed by atoms with Gasteiger partial charge in [0.1, 0.15) is 0 Å². The maximum Gasteiger partial charge on any atom is 0.159 e. The second-order valence-corrected chi connectivity index (χ2v) is 4.47. The molecule has 3 nitrogen and oxygen atoms in total. The van der Waals surface area contributed by atoms with E-state index in [0.29, 0.717) is 12.3 Å². The summed E-state index contributed by atoms with van der Waals surface area (Å²) < 4.78 is 0. The third kappa shape index (κ3) is 1.36. The minimum absolute atomic E-state index is 0.181. The van der Waals surface area contributed by atoms with Crippen LogP contribution in [0.25, 0.3) is 0 Å². The number of piperidine rings is 1. The molecule has 0 radical (unpaired) electrons. The molecule has 2 atom stereocenters. The van der Waals surface area contributed by atoms with Gasteiger partial charge in [-0.15, -0.1) is 0 Å². The first-order valence-corrected chi connectivity index (χ1v) is 5.58. The number of hydrogen-bond donors (Lipinski definition) is 1. The highest BCUT2D eigenvalue weighted by Gasteiger charge is 2.34. The van der Waals surface area contributed by atoms with E-state index in [-0.39, 0.29) is 11.8 Å². The van der Waals surface area contributed by atoms with E-state index in [0.717, 1.165) is 17.7 Å². The molecule has 1 aliphatic heterocycles. The van der Waals surface area contributed by atoms with Gasteiger partial charge in [-0.1, -0.05) is 30.4 Å². The lowest BCUT2D eigenvalue weighted by atomic mass is 9.81. The fraction of sp³-hybridized carbons (Fsp3) is 0.308. The Morgan fingerprint density at radius 2 is 2.12 bits per heavy atom. The minimum atomic E-state index is 0.181. The van der Waals surface area contributed by atoms with Crippen LogP contribution in [0.2, 0.25) is 0 Å². The molecule has 0 saturated carbocycles. The predicted octanol–water partition coefficient (Wildman–Crippen LogP) is 1.46. The minimum Gasteiger partial charge on any atom is -0.304 e.